The van der Waals surface area contributed by atoms with Crippen LogP contribution >= 0.6 is 7.82 Å². The number of unbranched alkanes of at least 4 members (excludes halogenated alkanes) is 8. The maximum Gasteiger partial charge on any atom is 0.472 e. The lowest BCUT2D eigenvalue weighted by atomic mass is 10.1. The van der Waals surface area contributed by atoms with E-state index in [0.29, 0.717) is 19.3 Å². The molecule has 0 aromatic rings. The van der Waals surface area contributed by atoms with Gasteiger partial charge in [-0.25, -0.2) is 4.57 Å². The van der Waals surface area contributed by atoms with Crippen LogP contribution in [-0.4, -0.2) is 59.9 Å². The molecule has 3 unspecified atom stereocenters. The van der Waals surface area contributed by atoms with Crippen LogP contribution in [0.3, 0.4) is 0 Å². The summed E-state index contributed by atoms with van der Waals surface area (Å²) in [5.74, 6) is -2.51. The van der Waals surface area contributed by atoms with Crippen LogP contribution < -0.4 is 5.73 Å². The first-order chi connectivity index (χ1) is 31.1. The van der Waals surface area contributed by atoms with Gasteiger partial charge in [-0.3, -0.25) is 23.4 Å². The van der Waals surface area contributed by atoms with E-state index in [1.807, 2.05) is 18.2 Å². The highest BCUT2D eigenvalue weighted by Gasteiger charge is 2.28. The molecule has 0 saturated heterocycles. The fourth-order valence-corrected chi connectivity index (χ4v) is 6.39. The molecule has 11 nitrogen and oxygen atoms in total. The number of hydrogen-bond donors (Lipinski definition) is 3. The van der Waals surface area contributed by atoms with Gasteiger partial charge in [-0.05, 0) is 89.9 Å². The number of rotatable bonds is 42. The summed E-state index contributed by atoms with van der Waals surface area (Å²) in [4.78, 5) is 46.1. The average Bonchev–Trinajstić information content (AvgIpc) is 3.27. The predicted octanol–water partition coefficient (Wildman–Crippen LogP) is 13.2. The van der Waals surface area contributed by atoms with Crippen LogP contribution in [0.25, 0.3) is 0 Å². The molecule has 360 valence electrons. The number of carboxylic acids is 1. The van der Waals surface area contributed by atoms with E-state index in [0.717, 1.165) is 89.9 Å². The van der Waals surface area contributed by atoms with E-state index in [2.05, 4.69) is 122 Å². The maximum absolute atomic E-state index is 12.6. The standard InChI is InChI=1S/C52H82NO10P/c1-3-5-7-9-11-13-15-17-19-21-23-24-26-27-29-31-33-35-37-39-41-43-50(54)60-45-48(46-61-64(58,59)62-47-49(53)52(56)57)63-51(55)44-42-40-38-36-34-32-30-28-25-22-20-18-16-14-12-10-8-6-4-2/h5-8,11-14,17-20,23-25,28,32,34,38,40,48-49H,3-4,9-10,15-16,21-22,26-27,29-31,33,35-37,39,41-47,53H2,1-2H3,(H,56,57)(H,58,59)/b7-5-,8-6-,13-11-,14-12-,19-17-,20-18-,24-23-,28-25-,34-32-,40-38-. The summed E-state index contributed by atoms with van der Waals surface area (Å²) in [6.07, 6.45) is 61.3. The number of ether oxygens (including phenoxy) is 2. The van der Waals surface area contributed by atoms with Crippen molar-refractivity contribution in [3.05, 3.63) is 122 Å². The Morgan fingerprint density at radius 2 is 0.859 bits per heavy atom. The van der Waals surface area contributed by atoms with Crippen molar-refractivity contribution in [2.45, 2.75) is 167 Å². The number of aliphatic carboxylic acids is 1. The van der Waals surface area contributed by atoms with Crippen molar-refractivity contribution in [3.63, 3.8) is 0 Å². The molecule has 0 spiro atoms. The van der Waals surface area contributed by atoms with Crippen LogP contribution in [-0.2, 0) is 37.5 Å². The number of nitrogens with two attached hydrogens (primary N) is 1. The van der Waals surface area contributed by atoms with Crippen molar-refractivity contribution < 1.29 is 47.5 Å². The summed E-state index contributed by atoms with van der Waals surface area (Å²) in [6.45, 7) is 2.48. The topological polar surface area (TPSA) is 172 Å². The summed E-state index contributed by atoms with van der Waals surface area (Å²) in [6, 6.07) is -1.54. The molecule has 0 amide bonds. The van der Waals surface area contributed by atoms with E-state index in [1.54, 1.807) is 0 Å². The van der Waals surface area contributed by atoms with Gasteiger partial charge >= 0.3 is 25.7 Å². The first-order valence-electron chi connectivity index (χ1n) is 23.6. The Morgan fingerprint density at radius 1 is 0.484 bits per heavy atom. The van der Waals surface area contributed by atoms with E-state index in [4.69, 9.17) is 24.8 Å². The SMILES string of the molecule is CC/C=C\C/C=C\C/C=C\C/C=C\C/C=C\C/C=C\CCC(=O)OC(COC(=O)CCCCCCCCCC/C=C\C/C=C\C/C=C\C/C=C\CC)COP(=O)(O)OCC(N)C(=O)O. The summed E-state index contributed by atoms with van der Waals surface area (Å²) in [5, 5.41) is 8.91. The van der Waals surface area contributed by atoms with Gasteiger partial charge in [-0.15, -0.1) is 0 Å². The van der Waals surface area contributed by atoms with Gasteiger partial charge in [0, 0.05) is 12.8 Å². The monoisotopic (exact) mass is 912 g/mol. The van der Waals surface area contributed by atoms with Gasteiger partial charge in [0.2, 0.25) is 0 Å². The Balaban J connectivity index is 4.45. The molecule has 0 radical (unpaired) electrons. The number of phosphoric acid groups is 1. The van der Waals surface area contributed by atoms with Crippen molar-refractivity contribution in [2.75, 3.05) is 19.8 Å². The van der Waals surface area contributed by atoms with Crippen LogP contribution in [0.15, 0.2) is 122 Å². The van der Waals surface area contributed by atoms with Crippen molar-refractivity contribution in [2.24, 2.45) is 5.73 Å². The summed E-state index contributed by atoms with van der Waals surface area (Å²) in [5.41, 5.74) is 5.34. The van der Waals surface area contributed by atoms with Crippen molar-refractivity contribution in [1.82, 2.24) is 0 Å². The van der Waals surface area contributed by atoms with Gasteiger partial charge in [-0.1, -0.05) is 174 Å². The van der Waals surface area contributed by atoms with Gasteiger partial charge < -0.3 is 25.2 Å². The second kappa shape index (κ2) is 45.4. The predicted molar refractivity (Wildman–Crippen MR) is 263 cm³/mol. The van der Waals surface area contributed by atoms with Crippen LogP contribution in [0.1, 0.15) is 155 Å². The number of phosphoric ester groups is 1. The zero-order valence-electron chi connectivity index (χ0n) is 39.1. The average molecular weight is 912 g/mol. The Hall–Kier alpha value is -4.12. The van der Waals surface area contributed by atoms with E-state index in [-0.39, 0.29) is 19.4 Å². The highest BCUT2D eigenvalue weighted by molar-refractivity contribution is 7.47. The summed E-state index contributed by atoms with van der Waals surface area (Å²) >= 11 is 0. The fraction of sp³-hybridized carbons (Fsp3) is 0.558. The van der Waals surface area contributed by atoms with Crippen molar-refractivity contribution in [3.8, 4) is 0 Å². The molecule has 0 aliphatic rings. The minimum atomic E-state index is -4.75. The number of allylic oxidation sites excluding steroid dienone is 20. The quantitative estimate of drug-likeness (QED) is 0.0230. The Kier molecular flexibility index (Phi) is 42.5. The molecule has 0 bridgehead atoms. The van der Waals surface area contributed by atoms with E-state index in [1.165, 1.54) is 19.3 Å². The number of carboxylic acid groups (broad SMARTS) is 1. The number of carbonyl (C=O) groups is 3. The normalized spacial score (nSPS) is 14.7. The van der Waals surface area contributed by atoms with Crippen LogP contribution in [0, 0.1) is 0 Å². The Labute approximate surface area is 386 Å². The zero-order valence-corrected chi connectivity index (χ0v) is 40.0. The minimum Gasteiger partial charge on any atom is -0.480 e. The third-order valence-corrected chi connectivity index (χ3v) is 10.2. The fourth-order valence-electron chi connectivity index (χ4n) is 5.61. The molecular formula is C52H82NO10P. The summed E-state index contributed by atoms with van der Waals surface area (Å²) < 4.78 is 32.7. The second-order valence-corrected chi connectivity index (χ2v) is 16.6. The lowest BCUT2D eigenvalue weighted by Crippen LogP contribution is -2.34. The van der Waals surface area contributed by atoms with Gasteiger partial charge in [0.05, 0.1) is 13.2 Å². The molecule has 0 heterocycles. The molecule has 0 saturated carbocycles. The lowest BCUT2D eigenvalue weighted by Gasteiger charge is -2.20. The Morgan fingerprint density at radius 3 is 1.30 bits per heavy atom. The van der Waals surface area contributed by atoms with Gasteiger partial charge in [0.1, 0.15) is 12.6 Å². The van der Waals surface area contributed by atoms with Crippen LogP contribution in [0.2, 0.25) is 0 Å². The molecule has 3 atom stereocenters. The molecule has 64 heavy (non-hydrogen) atoms. The molecular weight excluding hydrogens is 830 g/mol. The van der Waals surface area contributed by atoms with Gasteiger partial charge in [-0.2, -0.15) is 0 Å². The second-order valence-electron chi connectivity index (χ2n) is 15.1. The minimum absolute atomic E-state index is 0.0264. The van der Waals surface area contributed by atoms with Crippen LogP contribution in [0.5, 0.6) is 0 Å². The van der Waals surface area contributed by atoms with Gasteiger partial charge in [0.25, 0.3) is 0 Å². The van der Waals surface area contributed by atoms with Crippen LogP contribution in [0.4, 0.5) is 0 Å². The highest BCUT2D eigenvalue weighted by Crippen LogP contribution is 2.43. The molecule has 12 heteroatoms. The molecule has 0 fully saturated rings. The number of hydrogen-bond acceptors (Lipinski definition) is 9. The first kappa shape index (κ1) is 59.9. The molecule has 0 aliphatic carbocycles. The maximum atomic E-state index is 12.6. The molecule has 0 rings (SSSR count). The highest BCUT2D eigenvalue weighted by atomic mass is 31.2. The van der Waals surface area contributed by atoms with E-state index in [9.17, 15) is 23.8 Å². The van der Waals surface area contributed by atoms with E-state index < -0.39 is 51.1 Å². The number of carbonyl (C=O) groups excluding carboxylic acids is 2. The third-order valence-electron chi connectivity index (χ3n) is 9.22. The lowest BCUT2D eigenvalue weighted by molar-refractivity contribution is -0.161. The third kappa shape index (κ3) is 44.5. The molecule has 0 aromatic heterocycles. The zero-order chi connectivity index (χ0) is 47.0. The molecule has 0 aromatic carbocycles. The largest absolute Gasteiger partial charge is 0.480 e. The van der Waals surface area contributed by atoms with Crippen molar-refractivity contribution >= 4 is 25.7 Å². The Bertz CT molecular complexity index is 1540. The first-order valence-corrected chi connectivity index (χ1v) is 25.1. The summed E-state index contributed by atoms with van der Waals surface area (Å²) in [7, 11) is -4.75. The van der Waals surface area contributed by atoms with Gasteiger partial charge in [0.15, 0.2) is 6.10 Å². The smallest absolute Gasteiger partial charge is 0.472 e. The van der Waals surface area contributed by atoms with E-state index >= 15 is 0 Å². The molecule has 4 N–H and O–H groups in total. The van der Waals surface area contributed by atoms with Crippen molar-refractivity contribution in [1.29, 1.82) is 0 Å². The number of esters is 2. The molecule has 0 aliphatic heterocycles.